The molecule has 5 N–H and O–H groups in total. The Hall–Kier alpha value is 2.18. The van der Waals surface area contributed by atoms with Gasteiger partial charge in [0.05, 0.1) is 0 Å². The van der Waals surface area contributed by atoms with Gasteiger partial charge in [-0.2, -0.15) is 0 Å². The maximum atomic E-state index is 8.64. The zero-order chi connectivity index (χ0) is 7.15. The molecule has 0 fully saturated rings. The van der Waals surface area contributed by atoms with E-state index < -0.39 is 14.6 Å². The van der Waals surface area contributed by atoms with Crippen molar-refractivity contribution in [2.24, 2.45) is 0 Å². The predicted octanol–water partition coefficient (Wildman–Crippen LogP) is -13.7. The topological polar surface area (TPSA) is 124 Å². The molecule has 11 heavy (non-hydrogen) atoms. The first-order valence-electron chi connectivity index (χ1n) is 1.53. The maximum absolute atomic E-state index is 8.64. The number of hydrogen-bond donors (Lipinski definition) is 5. The summed E-state index contributed by atoms with van der Waals surface area (Å²) >= 11 is 0. The molecule has 0 saturated carbocycles. The van der Waals surface area contributed by atoms with Gasteiger partial charge in [-0.1, -0.05) is 0 Å². The Balaban J connectivity index is -0.0000000171. The van der Waals surface area contributed by atoms with Crippen LogP contribution in [0.4, 0.5) is 0 Å². The van der Waals surface area contributed by atoms with Gasteiger partial charge in [-0.3, -0.25) is 0 Å². The molecule has 0 aliphatic heterocycles. The second-order valence-electron chi connectivity index (χ2n) is 0.673. The molecular formula is H5B2ClNa2O6. The van der Waals surface area contributed by atoms with Crippen LogP contribution >= 0.6 is 0 Å². The third-order valence-corrected chi connectivity index (χ3v) is 0. The Morgan fingerprint density at radius 3 is 0.818 bits per heavy atom. The Kier molecular flexibility index (Phi) is 60.4. The molecule has 6 nitrogen and oxygen atoms in total. The van der Waals surface area contributed by atoms with Crippen molar-refractivity contribution >= 4 is 14.6 Å². The summed E-state index contributed by atoms with van der Waals surface area (Å²) in [6.07, 6.45) is 0. The minimum atomic E-state index is -2.42. The summed E-state index contributed by atoms with van der Waals surface area (Å²) in [6, 6.07) is 0. The molecule has 0 saturated heterocycles. The van der Waals surface area contributed by atoms with E-state index >= 15 is 0 Å². The van der Waals surface area contributed by atoms with Gasteiger partial charge in [0.2, 0.25) is 0 Å². The molecule has 0 unspecified atom stereocenters. The molecule has 0 heterocycles. The van der Waals surface area contributed by atoms with Crippen LogP contribution in [0.15, 0.2) is 0 Å². The van der Waals surface area contributed by atoms with Crippen molar-refractivity contribution in [1.29, 1.82) is 0 Å². The van der Waals surface area contributed by atoms with Crippen LogP contribution in [0.1, 0.15) is 0 Å². The summed E-state index contributed by atoms with van der Waals surface area (Å²) in [7, 11) is -4.58. The van der Waals surface area contributed by atoms with E-state index in [0.29, 0.717) is 0 Å². The molecule has 0 aliphatic carbocycles. The number of halogens is 1. The number of hydrogen-bond acceptors (Lipinski definition) is 6. The van der Waals surface area contributed by atoms with Gasteiger partial charge in [0.25, 0.3) is 0 Å². The van der Waals surface area contributed by atoms with Crippen LogP contribution in [0.3, 0.4) is 0 Å². The summed E-state index contributed by atoms with van der Waals surface area (Å²) < 4.78 is 0. The fourth-order valence-electron chi connectivity index (χ4n) is 0. The van der Waals surface area contributed by atoms with Crippen molar-refractivity contribution in [2.45, 2.75) is 0 Å². The van der Waals surface area contributed by atoms with E-state index in [4.69, 9.17) is 30.1 Å². The van der Waals surface area contributed by atoms with Gasteiger partial charge >= 0.3 is 73.8 Å². The van der Waals surface area contributed by atoms with Crippen molar-refractivity contribution in [3.05, 3.63) is 0 Å². The first-order chi connectivity index (χ1) is 3.46. The van der Waals surface area contributed by atoms with Gasteiger partial charge in [-0.05, 0) is 0 Å². The van der Waals surface area contributed by atoms with Crippen LogP contribution in [0.2, 0.25) is 0 Å². The zero-order valence-corrected chi connectivity index (χ0v) is 10.9. The van der Waals surface area contributed by atoms with Crippen molar-refractivity contribution in [3.8, 4) is 0 Å². The summed E-state index contributed by atoms with van der Waals surface area (Å²) in [5.41, 5.74) is 0. The number of rotatable bonds is 0. The van der Waals surface area contributed by atoms with Gasteiger partial charge < -0.3 is 42.6 Å². The standard InChI is InChI=1S/BH3O3.BH2O3.ClH.2Na/c2*2-1(3)4;;;/h2-4H;2-3H;1H;;/q;-1;;2*+1/p-1. The van der Waals surface area contributed by atoms with E-state index in [9.17, 15) is 0 Å². The fourth-order valence-corrected chi connectivity index (χ4v) is 0. The quantitative estimate of drug-likeness (QED) is 0.249. The minimum absolute atomic E-state index is 0. The molecule has 0 aromatic carbocycles. The van der Waals surface area contributed by atoms with Crippen molar-refractivity contribution in [3.63, 3.8) is 0 Å². The van der Waals surface area contributed by atoms with Crippen LogP contribution in [0, 0.1) is 0 Å². The molecule has 11 heteroatoms. The average Bonchev–Trinajstić information content (AvgIpc) is 1.25. The zero-order valence-electron chi connectivity index (χ0n) is 6.18. The third-order valence-electron chi connectivity index (χ3n) is 0. The second-order valence-corrected chi connectivity index (χ2v) is 0.673. The van der Waals surface area contributed by atoms with Gasteiger partial charge in [-0.25, -0.2) is 0 Å². The smallest absolute Gasteiger partial charge is 1.00 e. The third kappa shape index (κ3) is 266. The van der Waals surface area contributed by atoms with E-state index in [-0.39, 0.29) is 71.5 Å². The van der Waals surface area contributed by atoms with Gasteiger partial charge in [-0.15, -0.1) is 0 Å². The Labute approximate surface area is 115 Å². The van der Waals surface area contributed by atoms with Crippen LogP contribution in [-0.4, -0.2) is 39.8 Å². The molecule has 0 aliphatic rings. The largest absolute Gasteiger partial charge is 1.00 e. The predicted molar refractivity (Wildman–Crippen MR) is 22.6 cm³/mol. The van der Waals surface area contributed by atoms with Gasteiger partial charge in [0, 0.05) is 0 Å². The first-order valence-corrected chi connectivity index (χ1v) is 1.53. The maximum Gasteiger partial charge on any atom is 1.00 e. The molecule has 0 spiro atoms. The minimum Gasteiger partial charge on any atom is -1.00 e. The summed E-state index contributed by atoms with van der Waals surface area (Å²) in [6.45, 7) is 0. The van der Waals surface area contributed by atoms with E-state index in [2.05, 4.69) is 0 Å². The van der Waals surface area contributed by atoms with Crippen molar-refractivity contribution in [1.82, 2.24) is 0 Å². The van der Waals surface area contributed by atoms with E-state index in [1.165, 1.54) is 0 Å². The molecule has 0 bridgehead atoms. The molecule has 0 rings (SSSR count). The van der Waals surface area contributed by atoms with Gasteiger partial charge in [0.1, 0.15) is 0 Å². The molecule has 0 amide bonds. The molecule has 0 atom stereocenters. The van der Waals surface area contributed by atoms with Crippen LogP contribution in [0.5, 0.6) is 0 Å². The van der Waals surface area contributed by atoms with Gasteiger partial charge in [0.15, 0.2) is 0 Å². The van der Waals surface area contributed by atoms with Crippen molar-refractivity contribution < 1.29 is 102 Å². The SMILES string of the molecule is OB(O)O.[Cl-].[Na+].[Na+].[O-]B(O)O. The molecule has 56 valence electrons. The average molecular weight is 204 g/mol. The van der Waals surface area contributed by atoms with Crippen LogP contribution < -0.4 is 76.5 Å². The fraction of sp³-hybridized carbons (Fsp3) is 0. The van der Waals surface area contributed by atoms with E-state index in [1.54, 1.807) is 0 Å². The molecule has 0 aromatic rings. The monoisotopic (exact) mass is 204 g/mol. The summed E-state index contributed by atoms with van der Waals surface area (Å²) in [5, 5.41) is 44.2. The van der Waals surface area contributed by atoms with E-state index in [0.717, 1.165) is 0 Å². The van der Waals surface area contributed by atoms with E-state index in [1.807, 2.05) is 0 Å². The van der Waals surface area contributed by atoms with Crippen LogP contribution in [-0.2, 0) is 0 Å². The Morgan fingerprint density at radius 1 is 0.818 bits per heavy atom. The summed E-state index contributed by atoms with van der Waals surface area (Å²) in [4.78, 5) is 0. The first kappa shape index (κ1) is 29.2. The molecule has 0 aromatic heterocycles. The summed E-state index contributed by atoms with van der Waals surface area (Å²) in [5.74, 6) is 0. The molecular weight excluding hydrogens is 199 g/mol. The normalized spacial score (nSPS) is 4.91. The Bertz CT molecular complexity index is 34.1. The second kappa shape index (κ2) is 22.8. The van der Waals surface area contributed by atoms with Crippen LogP contribution in [0.25, 0.3) is 0 Å². The molecule has 0 radical (unpaired) electrons. The van der Waals surface area contributed by atoms with Crippen molar-refractivity contribution in [2.75, 3.05) is 0 Å². The Morgan fingerprint density at radius 2 is 0.818 bits per heavy atom.